The molecule has 0 spiro atoms. The number of benzene rings is 1. The standard InChI is InChI=1S/C27H35N3O6/c1-26(2,3)36-25(35)28-20-13-7-5-4-6-12-19-15-27(19,24(33)34)29-22(31)21-14-17-10-8-9-11-18(17)16-30(21)23(20)32/h8-11,15,20-21H,4-7,12-14,16H2,1-3H3,(H,28,35)(H,29,31)(H,33,34)/t20-,21?,27-/m0/s1. The number of rotatable bonds is 2. The van der Waals surface area contributed by atoms with Crippen LogP contribution in [0.2, 0.25) is 0 Å². The Labute approximate surface area is 211 Å². The van der Waals surface area contributed by atoms with E-state index in [1.54, 1.807) is 26.8 Å². The van der Waals surface area contributed by atoms with Crippen LogP contribution < -0.4 is 10.6 Å². The van der Waals surface area contributed by atoms with E-state index in [1.165, 1.54) is 4.90 Å². The van der Waals surface area contributed by atoms with E-state index >= 15 is 0 Å². The number of fused-ring (bicyclic) bond motifs is 3. The van der Waals surface area contributed by atoms with Crippen molar-refractivity contribution in [1.29, 1.82) is 0 Å². The van der Waals surface area contributed by atoms with Crippen LogP contribution in [-0.4, -0.2) is 57.1 Å². The second-order valence-corrected chi connectivity index (χ2v) is 10.9. The van der Waals surface area contributed by atoms with Gasteiger partial charge >= 0.3 is 12.1 Å². The molecule has 194 valence electrons. The van der Waals surface area contributed by atoms with Crippen molar-refractivity contribution in [1.82, 2.24) is 15.5 Å². The highest BCUT2D eigenvalue weighted by molar-refractivity contribution is 6.00. The largest absolute Gasteiger partial charge is 0.479 e. The number of ether oxygens (including phenoxy) is 1. The lowest BCUT2D eigenvalue weighted by Gasteiger charge is -2.38. The van der Waals surface area contributed by atoms with Crippen molar-refractivity contribution >= 4 is 23.9 Å². The number of carboxylic acids is 1. The Kier molecular flexibility index (Phi) is 7.11. The molecule has 1 fully saturated rings. The Bertz CT molecular complexity index is 1090. The van der Waals surface area contributed by atoms with Gasteiger partial charge in [-0.3, -0.25) is 9.59 Å². The van der Waals surface area contributed by atoms with Crippen molar-refractivity contribution in [2.24, 2.45) is 0 Å². The molecule has 0 radical (unpaired) electrons. The summed E-state index contributed by atoms with van der Waals surface area (Å²) in [5, 5.41) is 15.3. The molecule has 9 nitrogen and oxygen atoms in total. The molecule has 1 unspecified atom stereocenters. The van der Waals surface area contributed by atoms with Crippen molar-refractivity contribution in [3.05, 3.63) is 47.0 Å². The van der Waals surface area contributed by atoms with Crippen molar-refractivity contribution in [2.45, 2.75) is 95.5 Å². The average molecular weight is 498 g/mol. The predicted molar refractivity (Wildman–Crippen MR) is 132 cm³/mol. The molecule has 3 amide bonds. The minimum atomic E-state index is -1.47. The molecular formula is C27H35N3O6. The van der Waals surface area contributed by atoms with Crippen LogP contribution in [0.4, 0.5) is 4.79 Å². The zero-order valence-electron chi connectivity index (χ0n) is 21.1. The molecule has 0 saturated carbocycles. The van der Waals surface area contributed by atoms with Crippen LogP contribution in [0.15, 0.2) is 35.9 Å². The highest BCUT2D eigenvalue weighted by atomic mass is 16.6. The normalized spacial score (nSPS) is 26.8. The monoisotopic (exact) mass is 497 g/mol. The summed E-state index contributed by atoms with van der Waals surface area (Å²) in [6.07, 6.45) is 5.39. The summed E-state index contributed by atoms with van der Waals surface area (Å²) in [6, 6.07) is 5.83. The van der Waals surface area contributed by atoms with Gasteiger partial charge in [0.15, 0.2) is 5.54 Å². The first-order valence-corrected chi connectivity index (χ1v) is 12.6. The van der Waals surface area contributed by atoms with E-state index in [0.29, 0.717) is 24.8 Å². The number of carboxylic acid groups (broad SMARTS) is 1. The summed E-state index contributed by atoms with van der Waals surface area (Å²) in [5.41, 5.74) is 0.375. The summed E-state index contributed by atoms with van der Waals surface area (Å²) in [4.78, 5) is 53.5. The number of alkyl carbamates (subject to hydrolysis) is 1. The summed E-state index contributed by atoms with van der Waals surface area (Å²) >= 11 is 0. The van der Waals surface area contributed by atoms with Gasteiger partial charge < -0.3 is 25.4 Å². The van der Waals surface area contributed by atoms with E-state index in [0.717, 1.165) is 30.4 Å². The van der Waals surface area contributed by atoms with Crippen LogP contribution in [0, 0.1) is 0 Å². The van der Waals surface area contributed by atoms with Crippen LogP contribution in [-0.2, 0) is 32.1 Å². The Morgan fingerprint density at radius 2 is 1.81 bits per heavy atom. The fourth-order valence-corrected chi connectivity index (χ4v) is 5.05. The molecule has 3 atom stereocenters. The van der Waals surface area contributed by atoms with Crippen molar-refractivity contribution in [3.8, 4) is 0 Å². The summed E-state index contributed by atoms with van der Waals surface area (Å²) in [5.74, 6) is -2.00. The second kappa shape index (κ2) is 9.95. The Balaban J connectivity index is 1.64. The quantitative estimate of drug-likeness (QED) is 0.540. The molecular weight excluding hydrogens is 462 g/mol. The van der Waals surface area contributed by atoms with Gasteiger partial charge in [0.25, 0.3) is 0 Å². The Morgan fingerprint density at radius 1 is 1.11 bits per heavy atom. The van der Waals surface area contributed by atoms with Crippen molar-refractivity contribution in [2.75, 3.05) is 0 Å². The third-order valence-electron chi connectivity index (χ3n) is 6.98. The molecule has 1 aromatic carbocycles. The number of amides is 3. The first-order chi connectivity index (χ1) is 17.0. The Hall–Kier alpha value is -3.36. The highest BCUT2D eigenvalue weighted by Gasteiger charge is 2.53. The average Bonchev–Trinajstić information content (AvgIpc) is 3.51. The first kappa shape index (κ1) is 25.7. The molecule has 36 heavy (non-hydrogen) atoms. The van der Waals surface area contributed by atoms with Gasteiger partial charge in [-0.15, -0.1) is 0 Å². The topological polar surface area (TPSA) is 125 Å². The Morgan fingerprint density at radius 3 is 2.50 bits per heavy atom. The molecule has 3 aliphatic rings. The van der Waals surface area contributed by atoms with Gasteiger partial charge in [0, 0.05) is 13.0 Å². The number of nitrogens with one attached hydrogen (secondary N) is 2. The molecule has 9 heteroatoms. The lowest BCUT2D eigenvalue weighted by Crippen LogP contribution is -2.60. The molecule has 1 aromatic rings. The lowest BCUT2D eigenvalue weighted by molar-refractivity contribution is -0.146. The maximum atomic E-state index is 13.9. The van der Waals surface area contributed by atoms with Gasteiger partial charge in [0.2, 0.25) is 11.8 Å². The smallest absolute Gasteiger partial charge is 0.408 e. The van der Waals surface area contributed by atoms with Crippen LogP contribution in [0.25, 0.3) is 0 Å². The molecule has 1 saturated heterocycles. The van der Waals surface area contributed by atoms with E-state index < -0.39 is 41.2 Å². The fourth-order valence-electron chi connectivity index (χ4n) is 5.05. The molecule has 4 rings (SSSR count). The zero-order valence-corrected chi connectivity index (χ0v) is 21.1. The lowest BCUT2D eigenvalue weighted by atomic mass is 9.91. The van der Waals surface area contributed by atoms with Gasteiger partial charge in [-0.25, -0.2) is 9.59 Å². The minimum absolute atomic E-state index is 0.194. The minimum Gasteiger partial charge on any atom is -0.479 e. The van der Waals surface area contributed by atoms with E-state index in [1.807, 2.05) is 24.3 Å². The van der Waals surface area contributed by atoms with Gasteiger partial charge in [-0.1, -0.05) is 43.5 Å². The molecule has 0 bridgehead atoms. The highest BCUT2D eigenvalue weighted by Crippen LogP contribution is 2.39. The van der Waals surface area contributed by atoms with Gasteiger partial charge in [-0.2, -0.15) is 0 Å². The predicted octanol–water partition coefficient (Wildman–Crippen LogP) is 3.07. The van der Waals surface area contributed by atoms with E-state index in [4.69, 9.17) is 4.74 Å². The third-order valence-corrected chi connectivity index (χ3v) is 6.98. The van der Waals surface area contributed by atoms with Crippen LogP contribution in [0.1, 0.15) is 70.4 Å². The first-order valence-electron chi connectivity index (χ1n) is 12.6. The van der Waals surface area contributed by atoms with Crippen molar-refractivity contribution in [3.63, 3.8) is 0 Å². The van der Waals surface area contributed by atoms with E-state index in [2.05, 4.69) is 10.6 Å². The number of hydrogen-bond donors (Lipinski definition) is 3. The van der Waals surface area contributed by atoms with Gasteiger partial charge in [0.05, 0.1) is 0 Å². The van der Waals surface area contributed by atoms with E-state index in [-0.39, 0.29) is 18.9 Å². The summed E-state index contributed by atoms with van der Waals surface area (Å²) in [7, 11) is 0. The van der Waals surface area contributed by atoms with Crippen LogP contribution in [0.3, 0.4) is 0 Å². The molecule has 2 heterocycles. The van der Waals surface area contributed by atoms with E-state index in [9.17, 15) is 24.3 Å². The molecule has 3 N–H and O–H groups in total. The van der Waals surface area contributed by atoms with Crippen LogP contribution >= 0.6 is 0 Å². The van der Waals surface area contributed by atoms with Crippen molar-refractivity contribution < 1.29 is 29.0 Å². The van der Waals surface area contributed by atoms with Gasteiger partial charge in [0.1, 0.15) is 17.7 Å². The fraction of sp³-hybridized carbons (Fsp3) is 0.556. The summed E-state index contributed by atoms with van der Waals surface area (Å²) in [6.45, 7) is 5.45. The third kappa shape index (κ3) is 5.55. The second-order valence-electron chi connectivity index (χ2n) is 10.9. The number of carbonyl (C=O) groups excluding carboxylic acids is 3. The SMILES string of the molecule is CC(C)(C)OC(=O)N[C@H]1CCCCCCC2=C[C@]2(C(=O)O)NC(=O)C2Cc3ccccc3CN2C1=O. The number of nitrogens with zero attached hydrogens (tertiary/aromatic N) is 1. The number of hydrogen-bond acceptors (Lipinski definition) is 5. The number of carbonyl (C=O) groups is 4. The summed E-state index contributed by atoms with van der Waals surface area (Å²) < 4.78 is 5.40. The van der Waals surface area contributed by atoms with Gasteiger partial charge in [-0.05, 0) is 62.8 Å². The molecule has 0 aromatic heterocycles. The molecule has 2 aliphatic heterocycles. The maximum absolute atomic E-state index is 13.9. The molecule has 1 aliphatic carbocycles. The zero-order chi connectivity index (χ0) is 26.1. The maximum Gasteiger partial charge on any atom is 0.408 e. The number of aliphatic carboxylic acids is 1. The van der Waals surface area contributed by atoms with Crippen LogP contribution in [0.5, 0.6) is 0 Å².